The number of ether oxygens (including phenoxy) is 4. The number of aliphatic carboxylic acids is 1. The number of carbonyl (C=O) groups is 3. The summed E-state index contributed by atoms with van der Waals surface area (Å²) < 4.78 is 21.8. The molecule has 11 heteroatoms. The first kappa shape index (κ1) is 55.2. The molecule has 0 aliphatic carbocycles. The van der Waals surface area contributed by atoms with E-state index in [2.05, 4.69) is 13.8 Å². The lowest BCUT2D eigenvalue weighted by atomic mass is 9.99. The molecule has 6 unspecified atom stereocenters. The number of aliphatic hydroxyl groups excluding tert-OH is 3. The minimum Gasteiger partial charge on any atom is -0.479 e. The maximum atomic E-state index is 12.8. The molecule has 1 aliphatic rings. The minimum atomic E-state index is -1.86. The summed E-state index contributed by atoms with van der Waals surface area (Å²) in [5, 5.41) is 39.9. The van der Waals surface area contributed by atoms with Crippen LogP contribution in [0.2, 0.25) is 0 Å². The first-order valence-electron chi connectivity index (χ1n) is 24.6. The van der Waals surface area contributed by atoms with Crippen LogP contribution in [0.3, 0.4) is 0 Å². The van der Waals surface area contributed by atoms with Gasteiger partial charge >= 0.3 is 17.9 Å². The van der Waals surface area contributed by atoms with Gasteiger partial charge in [0.15, 0.2) is 18.5 Å². The summed E-state index contributed by atoms with van der Waals surface area (Å²) in [6.45, 7) is 3.85. The number of hydrogen-bond acceptors (Lipinski definition) is 10. The largest absolute Gasteiger partial charge is 0.479 e. The maximum absolute atomic E-state index is 12.8. The van der Waals surface area contributed by atoms with Crippen LogP contribution in [-0.2, 0) is 33.3 Å². The highest BCUT2D eigenvalue weighted by atomic mass is 16.7. The Hall–Kier alpha value is -1.79. The lowest BCUT2D eigenvalue weighted by Gasteiger charge is -2.38. The fourth-order valence-corrected chi connectivity index (χ4v) is 7.82. The number of carbonyl (C=O) groups excluding carboxylic acids is 2. The molecule has 1 rings (SSSR count). The van der Waals surface area contributed by atoms with Crippen molar-refractivity contribution in [3.8, 4) is 0 Å². The quantitative estimate of drug-likeness (QED) is 0.0341. The molecule has 1 fully saturated rings. The van der Waals surface area contributed by atoms with Crippen molar-refractivity contribution in [2.45, 2.75) is 275 Å². The van der Waals surface area contributed by atoms with Crippen LogP contribution in [0.15, 0.2) is 0 Å². The Kier molecular flexibility index (Phi) is 36.6. The van der Waals surface area contributed by atoms with Gasteiger partial charge in [-0.1, -0.05) is 213 Å². The SMILES string of the molecule is CCCCCCCCCCCCCCCCCCCCC(=O)OCC(COC1OC(C(=O)O)C(O)C(O)C1O)OC(=O)CCCCCCCCCCCCCCCCC. The molecule has 0 aromatic heterocycles. The van der Waals surface area contributed by atoms with E-state index in [1.165, 1.54) is 161 Å². The molecule has 0 amide bonds. The summed E-state index contributed by atoms with van der Waals surface area (Å²) >= 11 is 0. The number of carboxylic acids is 1. The molecule has 0 bridgehead atoms. The fraction of sp³-hybridized carbons (Fsp3) is 0.938. The summed E-state index contributed by atoms with van der Waals surface area (Å²) in [6.07, 6.45) is 31.5. The first-order valence-corrected chi connectivity index (χ1v) is 24.6. The van der Waals surface area contributed by atoms with E-state index >= 15 is 0 Å². The zero-order chi connectivity index (χ0) is 43.2. The molecule has 1 aliphatic heterocycles. The van der Waals surface area contributed by atoms with Crippen molar-refractivity contribution in [1.82, 2.24) is 0 Å². The minimum absolute atomic E-state index is 0.191. The van der Waals surface area contributed by atoms with Crippen LogP contribution in [-0.4, -0.2) is 88.4 Å². The van der Waals surface area contributed by atoms with Gasteiger partial charge in [-0.3, -0.25) is 9.59 Å². The predicted molar refractivity (Wildman–Crippen MR) is 234 cm³/mol. The van der Waals surface area contributed by atoms with Gasteiger partial charge < -0.3 is 39.4 Å². The van der Waals surface area contributed by atoms with Gasteiger partial charge in [0, 0.05) is 12.8 Å². The summed E-state index contributed by atoms with van der Waals surface area (Å²) in [7, 11) is 0. The molecule has 0 spiro atoms. The van der Waals surface area contributed by atoms with Crippen molar-refractivity contribution in [2.24, 2.45) is 0 Å². The summed E-state index contributed by atoms with van der Waals surface area (Å²) in [4.78, 5) is 36.9. The Morgan fingerprint density at radius 1 is 0.458 bits per heavy atom. The van der Waals surface area contributed by atoms with Crippen LogP contribution in [0.1, 0.15) is 239 Å². The number of unbranched alkanes of at least 4 members (excludes halogenated alkanes) is 31. The van der Waals surface area contributed by atoms with E-state index in [4.69, 9.17) is 18.9 Å². The molecule has 0 aromatic carbocycles. The molecule has 0 saturated carbocycles. The highest BCUT2D eigenvalue weighted by Crippen LogP contribution is 2.23. The molecule has 348 valence electrons. The molecule has 0 aromatic rings. The Bertz CT molecular complexity index is 994. The summed E-state index contributed by atoms with van der Waals surface area (Å²) in [6, 6.07) is 0. The molecule has 1 saturated heterocycles. The van der Waals surface area contributed by atoms with Gasteiger partial charge in [-0.2, -0.15) is 0 Å². The van der Waals surface area contributed by atoms with Gasteiger partial charge in [0.2, 0.25) is 0 Å². The highest BCUT2D eigenvalue weighted by molar-refractivity contribution is 5.73. The zero-order valence-corrected chi connectivity index (χ0v) is 37.8. The van der Waals surface area contributed by atoms with E-state index in [9.17, 15) is 34.8 Å². The average molecular weight is 843 g/mol. The third-order valence-electron chi connectivity index (χ3n) is 11.7. The van der Waals surface area contributed by atoms with Crippen LogP contribution in [0.25, 0.3) is 0 Å². The molecule has 1 heterocycles. The van der Waals surface area contributed by atoms with Crippen LogP contribution in [0, 0.1) is 0 Å². The third-order valence-corrected chi connectivity index (χ3v) is 11.7. The fourth-order valence-electron chi connectivity index (χ4n) is 7.82. The first-order chi connectivity index (χ1) is 28.7. The predicted octanol–water partition coefficient (Wildman–Crippen LogP) is 11.0. The lowest BCUT2D eigenvalue weighted by Crippen LogP contribution is -2.60. The monoisotopic (exact) mass is 843 g/mol. The van der Waals surface area contributed by atoms with E-state index in [1.54, 1.807) is 0 Å². The molecular formula is C48H90O11. The van der Waals surface area contributed by atoms with E-state index in [1.807, 2.05) is 0 Å². The van der Waals surface area contributed by atoms with Crippen molar-refractivity contribution in [2.75, 3.05) is 13.2 Å². The van der Waals surface area contributed by atoms with Crippen molar-refractivity contribution in [3.63, 3.8) is 0 Å². The topological polar surface area (TPSA) is 169 Å². The van der Waals surface area contributed by atoms with E-state index < -0.39 is 54.7 Å². The maximum Gasteiger partial charge on any atom is 0.335 e. The standard InChI is InChI=1S/C48H90O11/c1-3-5-7-9-11-13-15-17-19-20-21-23-24-26-28-30-32-34-36-41(49)56-38-40(39-57-48-45(53)43(51)44(52)46(59-48)47(54)55)58-42(50)37-35-33-31-29-27-25-22-18-16-14-12-10-8-6-4-2/h40,43-46,48,51-53H,3-39H2,1-2H3,(H,54,55). The van der Waals surface area contributed by atoms with Crippen molar-refractivity contribution >= 4 is 17.9 Å². The van der Waals surface area contributed by atoms with Gasteiger partial charge in [0.05, 0.1) is 6.61 Å². The van der Waals surface area contributed by atoms with Gasteiger partial charge in [0.25, 0.3) is 0 Å². The lowest BCUT2D eigenvalue weighted by molar-refractivity contribution is -0.298. The smallest absolute Gasteiger partial charge is 0.335 e. The Morgan fingerprint density at radius 2 is 0.797 bits per heavy atom. The zero-order valence-electron chi connectivity index (χ0n) is 37.8. The number of hydrogen-bond donors (Lipinski definition) is 4. The van der Waals surface area contributed by atoms with Crippen molar-refractivity contribution < 1.29 is 53.8 Å². The molecular weight excluding hydrogens is 753 g/mol. The Morgan fingerprint density at radius 3 is 1.15 bits per heavy atom. The number of carboxylic acid groups (broad SMARTS) is 1. The van der Waals surface area contributed by atoms with Crippen molar-refractivity contribution in [3.05, 3.63) is 0 Å². The second-order valence-electron chi connectivity index (χ2n) is 17.3. The molecule has 11 nitrogen and oxygen atoms in total. The van der Waals surface area contributed by atoms with Crippen LogP contribution in [0.4, 0.5) is 0 Å². The molecule has 6 atom stereocenters. The van der Waals surface area contributed by atoms with Crippen LogP contribution >= 0.6 is 0 Å². The molecule has 4 N–H and O–H groups in total. The highest BCUT2D eigenvalue weighted by Gasteiger charge is 2.47. The molecule has 59 heavy (non-hydrogen) atoms. The molecule has 0 radical (unpaired) electrons. The number of aliphatic hydroxyl groups is 3. The number of rotatable bonds is 42. The van der Waals surface area contributed by atoms with Gasteiger partial charge in [-0.25, -0.2) is 4.79 Å². The van der Waals surface area contributed by atoms with Crippen molar-refractivity contribution in [1.29, 1.82) is 0 Å². The second kappa shape index (κ2) is 39.1. The summed E-state index contributed by atoms with van der Waals surface area (Å²) in [5.74, 6) is -2.42. The van der Waals surface area contributed by atoms with Gasteiger partial charge in [-0.05, 0) is 12.8 Å². The van der Waals surface area contributed by atoms with Crippen LogP contribution in [0.5, 0.6) is 0 Å². The van der Waals surface area contributed by atoms with E-state index in [0.717, 1.165) is 38.5 Å². The normalized spacial score (nSPS) is 19.8. The third kappa shape index (κ3) is 30.8. The summed E-state index contributed by atoms with van der Waals surface area (Å²) in [5.41, 5.74) is 0. The van der Waals surface area contributed by atoms with E-state index in [-0.39, 0.29) is 26.1 Å². The number of esters is 2. The van der Waals surface area contributed by atoms with Crippen LogP contribution < -0.4 is 0 Å². The Labute approximate surface area is 359 Å². The van der Waals surface area contributed by atoms with E-state index in [0.29, 0.717) is 12.8 Å². The second-order valence-corrected chi connectivity index (χ2v) is 17.3. The average Bonchev–Trinajstić information content (AvgIpc) is 3.22. The van der Waals surface area contributed by atoms with Gasteiger partial charge in [0.1, 0.15) is 24.9 Å². The van der Waals surface area contributed by atoms with Gasteiger partial charge in [-0.15, -0.1) is 0 Å². The Balaban J connectivity index is 2.30.